The molecule has 4 aliphatic heterocycles. The second-order valence-electron chi connectivity index (χ2n) is 11.6. The van der Waals surface area contributed by atoms with Crippen LogP contribution >= 0.6 is 0 Å². The standard InChI is InChI=1S/C32H31N3O9/c1-31(2)22-8-3-4-9-23(22)33(19-17-29(41)44-35-26(38)13-14-27(35)39)32(31)18-16-21-7-5-6-20(30(21)42-32)10-15-28(40)43-34-24(36)11-12-25(34)37/h3-9,16,18H,10-15,17,19H2,1-2H3. The van der Waals surface area contributed by atoms with Gasteiger partial charge in [-0.2, -0.15) is 0 Å². The highest BCUT2D eigenvalue weighted by atomic mass is 16.7. The van der Waals surface area contributed by atoms with Gasteiger partial charge in [-0.25, -0.2) is 9.59 Å². The van der Waals surface area contributed by atoms with Gasteiger partial charge in [0.2, 0.25) is 5.72 Å². The lowest BCUT2D eigenvalue weighted by atomic mass is 9.76. The van der Waals surface area contributed by atoms with Crippen LogP contribution in [0, 0.1) is 0 Å². The van der Waals surface area contributed by atoms with E-state index in [0.717, 1.165) is 22.4 Å². The first-order chi connectivity index (χ1) is 21.0. The number of carbonyl (C=O) groups excluding carboxylic acids is 6. The number of para-hydroxylation sites is 2. The van der Waals surface area contributed by atoms with E-state index >= 15 is 0 Å². The van der Waals surface area contributed by atoms with E-state index in [9.17, 15) is 28.8 Å². The number of aryl methyl sites for hydroxylation is 1. The van der Waals surface area contributed by atoms with Crippen LogP contribution in [0.5, 0.6) is 5.75 Å². The van der Waals surface area contributed by atoms with Crippen molar-refractivity contribution in [3.05, 3.63) is 65.2 Å². The average Bonchev–Trinajstić information content (AvgIpc) is 3.56. The SMILES string of the molecule is CC1(C)c2ccccc2N(CCC(=O)ON2C(=O)CCC2=O)C12C=Cc1cccc(CCC(=O)ON3C(=O)CCC3=O)c1O2. The van der Waals surface area contributed by atoms with E-state index in [-0.39, 0.29) is 51.5 Å². The van der Waals surface area contributed by atoms with Gasteiger partial charge in [-0.3, -0.25) is 19.2 Å². The molecule has 0 N–H and O–H groups in total. The fraction of sp³-hybridized carbons (Fsp3) is 0.375. The Hall–Kier alpha value is -5.00. The molecule has 2 aromatic carbocycles. The maximum absolute atomic E-state index is 12.8. The van der Waals surface area contributed by atoms with E-state index in [1.54, 1.807) is 0 Å². The van der Waals surface area contributed by atoms with Crippen molar-refractivity contribution in [1.82, 2.24) is 10.1 Å². The number of fused-ring (bicyclic) bond motifs is 2. The first-order valence-electron chi connectivity index (χ1n) is 14.5. The lowest BCUT2D eigenvalue weighted by Crippen LogP contribution is -2.60. The van der Waals surface area contributed by atoms with E-state index in [1.807, 2.05) is 73.4 Å². The lowest BCUT2D eigenvalue weighted by molar-refractivity contribution is -0.197. The van der Waals surface area contributed by atoms with Crippen LogP contribution < -0.4 is 9.64 Å². The molecule has 228 valence electrons. The molecule has 0 aromatic heterocycles. The van der Waals surface area contributed by atoms with Gasteiger partial charge in [0, 0.05) is 43.5 Å². The molecule has 4 aliphatic rings. The largest absolute Gasteiger partial charge is 0.462 e. The molecule has 4 heterocycles. The number of hydrogen-bond donors (Lipinski definition) is 0. The van der Waals surface area contributed by atoms with E-state index < -0.39 is 46.7 Å². The zero-order chi connectivity index (χ0) is 31.2. The third-order valence-corrected chi connectivity index (χ3v) is 8.57. The monoisotopic (exact) mass is 601 g/mol. The molecule has 1 atom stereocenters. The van der Waals surface area contributed by atoms with Gasteiger partial charge in [-0.1, -0.05) is 36.4 Å². The van der Waals surface area contributed by atoms with Crippen molar-refractivity contribution in [3.8, 4) is 5.75 Å². The zero-order valence-electron chi connectivity index (χ0n) is 24.4. The Balaban J connectivity index is 1.24. The third kappa shape index (κ3) is 4.80. The van der Waals surface area contributed by atoms with Crippen molar-refractivity contribution < 1.29 is 43.2 Å². The third-order valence-electron chi connectivity index (χ3n) is 8.57. The fourth-order valence-electron chi connectivity index (χ4n) is 6.21. The number of hydrogen-bond acceptors (Lipinski definition) is 10. The number of nitrogens with zero attached hydrogens (tertiary/aromatic N) is 3. The molecule has 0 bridgehead atoms. The highest BCUT2D eigenvalue weighted by molar-refractivity contribution is 6.02. The summed E-state index contributed by atoms with van der Waals surface area (Å²) in [5.41, 5.74) is 1.65. The summed E-state index contributed by atoms with van der Waals surface area (Å²) in [6, 6.07) is 13.4. The van der Waals surface area contributed by atoms with Gasteiger partial charge in [0.1, 0.15) is 5.75 Å². The van der Waals surface area contributed by atoms with Gasteiger partial charge in [0.05, 0.1) is 18.3 Å². The number of anilines is 1. The predicted octanol–water partition coefficient (Wildman–Crippen LogP) is 3.12. The predicted molar refractivity (Wildman–Crippen MR) is 153 cm³/mol. The molecule has 12 heteroatoms. The molecule has 0 aliphatic carbocycles. The number of hydroxylamine groups is 4. The van der Waals surface area contributed by atoms with Crippen molar-refractivity contribution in [2.45, 2.75) is 69.9 Å². The van der Waals surface area contributed by atoms with E-state index in [2.05, 4.69) is 0 Å². The van der Waals surface area contributed by atoms with Crippen LogP contribution in [0.3, 0.4) is 0 Å². The van der Waals surface area contributed by atoms with Crippen molar-refractivity contribution in [2.75, 3.05) is 11.4 Å². The summed E-state index contributed by atoms with van der Waals surface area (Å²) >= 11 is 0. The van der Waals surface area contributed by atoms with Gasteiger partial charge < -0.3 is 19.3 Å². The molecule has 2 aromatic rings. The van der Waals surface area contributed by atoms with Crippen molar-refractivity contribution in [1.29, 1.82) is 0 Å². The molecule has 12 nitrogen and oxygen atoms in total. The number of rotatable bonds is 8. The molecule has 0 radical (unpaired) electrons. The molecular weight excluding hydrogens is 570 g/mol. The molecule has 6 rings (SSSR count). The molecule has 1 unspecified atom stereocenters. The molecule has 1 spiro atoms. The highest BCUT2D eigenvalue weighted by Gasteiger charge is 2.59. The van der Waals surface area contributed by atoms with Crippen LogP contribution in [-0.2, 0) is 50.3 Å². The Kier molecular flexibility index (Phi) is 7.22. The number of amides is 4. The summed E-state index contributed by atoms with van der Waals surface area (Å²) in [6.07, 6.45) is 3.95. The molecule has 4 amide bonds. The van der Waals surface area contributed by atoms with Crippen molar-refractivity contribution in [3.63, 3.8) is 0 Å². The van der Waals surface area contributed by atoms with E-state index in [0.29, 0.717) is 15.9 Å². The Labute approximate surface area is 253 Å². The number of imide groups is 2. The molecular formula is C32H31N3O9. The minimum absolute atomic E-state index is 0.00944. The molecule has 2 saturated heterocycles. The zero-order valence-corrected chi connectivity index (χ0v) is 24.4. The number of carbonyl (C=O) groups is 6. The Bertz CT molecular complexity index is 1600. The van der Waals surface area contributed by atoms with Crippen LogP contribution in [0.2, 0.25) is 0 Å². The second-order valence-corrected chi connectivity index (χ2v) is 11.6. The summed E-state index contributed by atoms with van der Waals surface area (Å²) in [4.78, 5) is 85.2. The summed E-state index contributed by atoms with van der Waals surface area (Å²) in [5.74, 6) is -3.05. The fourth-order valence-corrected chi connectivity index (χ4v) is 6.21. The minimum atomic E-state index is -1.09. The first-order valence-corrected chi connectivity index (χ1v) is 14.5. The van der Waals surface area contributed by atoms with Gasteiger partial charge in [0.25, 0.3) is 23.6 Å². The summed E-state index contributed by atoms with van der Waals surface area (Å²) in [7, 11) is 0. The second kappa shape index (κ2) is 10.9. The molecule has 0 saturated carbocycles. The lowest BCUT2D eigenvalue weighted by Gasteiger charge is -2.47. The topological polar surface area (TPSA) is 140 Å². The van der Waals surface area contributed by atoms with Crippen LogP contribution in [0.1, 0.15) is 69.1 Å². The Morgan fingerprint density at radius 1 is 0.795 bits per heavy atom. The summed E-state index contributed by atoms with van der Waals surface area (Å²) in [6.45, 7) is 4.25. The molecule has 44 heavy (non-hydrogen) atoms. The summed E-state index contributed by atoms with van der Waals surface area (Å²) in [5, 5.41) is 1.08. The van der Waals surface area contributed by atoms with E-state index in [1.165, 1.54) is 0 Å². The van der Waals surface area contributed by atoms with Crippen LogP contribution in [0.15, 0.2) is 48.5 Å². The van der Waals surface area contributed by atoms with Crippen LogP contribution in [0.25, 0.3) is 6.08 Å². The summed E-state index contributed by atoms with van der Waals surface area (Å²) < 4.78 is 6.92. The Morgan fingerprint density at radius 2 is 1.39 bits per heavy atom. The molecule has 2 fully saturated rings. The van der Waals surface area contributed by atoms with Crippen molar-refractivity contribution >= 4 is 47.3 Å². The van der Waals surface area contributed by atoms with Gasteiger partial charge in [0.15, 0.2) is 0 Å². The maximum atomic E-state index is 12.8. The quantitative estimate of drug-likeness (QED) is 0.415. The Morgan fingerprint density at radius 3 is 2.02 bits per heavy atom. The minimum Gasteiger partial charge on any atom is -0.462 e. The van der Waals surface area contributed by atoms with Crippen LogP contribution in [-0.4, -0.2) is 58.0 Å². The number of benzene rings is 2. The average molecular weight is 602 g/mol. The van der Waals surface area contributed by atoms with E-state index in [4.69, 9.17) is 14.4 Å². The maximum Gasteiger partial charge on any atom is 0.334 e. The van der Waals surface area contributed by atoms with Gasteiger partial charge in [-0.15, -0.1) is 10.1 Å². The normalized spacial score (nSPS) is 21.5. The van der Waals surface area contributed by atoms with Crippen molar-refractivity contribution in [2.24, 2.45) is 0 Å². The number of ether oxygens (including phenoxy) is 1. The smallest absolute Gasteiger partial charge is 0.334 e. The highest BCUT2D eigenvalue weighted by Crippen LogP contribution is 2.55. The first kappa shape index (κ1) is 29.1. The van der Waals surface area contributed by atoms with Gasteiger partial charge in [-0.05, 0) is 49.6 Å². The van der Waals surface area contributed by atoms with Crippen LogP contribution in [0.4, 0.5) is 5.69 Å². The van der Waals surface area contributed by atoms with Gasteiger partial charge >= 0.3 is 11.9 Å².